The van der Waals surface area contributed by atoms with E-state index in [1.165, 1.54) is 16.9 Å². The van der Waals surface area contributed by atoms with Gasteiger partial charge in [0.15, 0.2) is 6.61 Å². The number of piperazine rings is 1. The van der Waals surface area contributed by atoms with Crippen molar-refractivity contribution in [1.82, 2.24) is 9.80 Å². The van der Waals surface area contributed by atoms with Crippen molar-refractivity contribution >= 4 is 23.2 Å². The monoisotopic (exact) mass is 400 g/mol. The van der Waals surface area contributed by atoms with E-state index < -0.39 is 0 Å². The summed E-state index contributed by atoms with van der Waals surface area (Å²) >= 11 is 1.45. The van der Waals surface area contributed by atoms with Crippen LogP contribution in [0.25, 0.3) is 0 Å². The van der Waals surface area contributed by atoms with Gasteiger partial charge in [0.1, 0.15) is 5.75 Å². The molecule has 1 aliphatic rings. The molecule has 0 spiro atoms. The molecular weight excluding hydrogens is 372 g/mol. The maximum Gasteiger partial charge on any atom is 0.264 e. The maximum absolute atomic E-state index is 12.6. The molecule has 0 unspecified atom stereocenters. The van der Waals surface area contributed by atoms with Crippen LogP contribution in [0.2, 0.25) is 0 Å². The predicted octanol–water partition coefficient (Wildman–Crippen LogP) is 3.72. The summed E-state index contributed by atoms with van der Waals surface area (Å²) in [7, 11) is 0. The van der Waals surface area contributed by atoms with Gasteiger partial charge in [0, 0.05) is 26.2 Å². The Bertz CT molecular complexity index is 832. The van der Waals surface area contributed by atoms with Crippen LogP contribution in [0, 0.1) is 6.92 Å². The van der Waals surface area contributed by atoms with E-state index in [0.717, 1.165) is 16.2 Å². The third-order valence-electron chi connectivity index (χ3n) is 4.95. The summed E-state index contributed by atoms with van der Waals surface area (Å²) in [5, 5.41) is 1.90. The third kappa shape index (κ3) is 4.73. The van der Waals surface area contributed by atoms with E-state index >= 15 is 0 Å². The molecule has 1 aromatic carbocycles. The van der Waals surface area contributed by atoms with Gasteiger partial charge in [0.25, 0.3) is 11.8 Å². The van der Waals surface area contributed by atoms with Crippen molar-refractivity contribution in [2.75, 3.05) is 32.8 Å². The number of thiophene rings is 1. The molecule has 1 aromatic heterocycles. The van der Waals surface area contributed by atoms with E-state index in [0.29, 0.717) is 26.2 Å². The molecule has 150 valence electrons. The van der Waals surface area contributed by atoms with Crippen LogP contribution in [0.15, 0.2) is 35.7 Å². The van der Waals surface area contributed by atoms with Crippen molar-refractivity contribution in [3.63, 3.8) is 0 Å². The number of benzene rings is 1. The minimum absolute atomic E-state index is 0.0189. The smallest absolute Gasteiger partial charge is 0.264 e. The fourth-order valence-corrected chi connectivity index (χ4v) is 3.99. The molecule has 6 heteroatoms. The van der Waals surface area contributed by atoms with Crippen LogP contribution >= 0.6 is 11.3 Å². The Balaban J connectivity index is 1.55. The highest BCUT2D eigenvalue weighted by Gasteiger charge is 2.26. The van der Waals surface area contributed by atoms with Crippen LogP contribution in [0.5, 0.6) is 5.75 Å². The molecular formula is C22H28N2O3S. The van der Waals surface area contributed by atoms with Crippen molar-refractivity contribution in [3.8, 4) is 5.75 Å². The average Bonchev–Trinajstić information content (AvgIpc) is 3.20. The number of carbonyl (C=O) groups is 2. The van der Waals surface area contributed by atoms with Gasteiger partial charge in [-0.2, -0.15) is 0 Å². The Labute approximate surface area is 170 Å². The highest BCUT2D eigenvalue weighted by atomic mass is 32.1. The lowest BCUT2D eigenvalue weighted by atomic mass is 9.85. The van der Waals surface area contributed by atoms with Gasteiger partial charge in [-0.05, 0) is 35.4 Å². The fraction of sp³-hybridized carbons (Fsp3) is 0.455. The zero-order valence-electron chi connectivity index (χ0n) is 17.0. The van der Waals surface area contributed by atoms with Gasteiger partial charge >= 0.3 is 0 Å². The molecule has 28 heavy (non-hydrogen) atoms. The van der Waals surface area contributed by atoms with Gasteiger partial charge in [-0.3, -0.25) is 9.59 Å². The highest BCUT2D eigenvalue weighted by Crippen LogP contribution is 2.32. The number of rotatable bonds is 4. The summed E-state index contributed by atoms with van der Waals surface area (Å²) in [4.78, 5) is 29.4. The predicted molar refractivity (Wildman–Crippen MR) is 112 cm³/mol. The van der Waals surface area contributed by atoms with Crippen molar-refractivity contribution in [2.45, 2.75) is 33.1 Å². The van der Waals surface area contributed by atoms with Gasteiger partial charge < -0.3 is 14.5 Å². The fourth-order valence-electron chi connectivity index (χ4n) is 3.30. The van der Waals surface area contributed by atoms with E-state index in [-0.39, 0.29) is 23.8 Å². The second kappa shape index (κ2) is 8.35. The summed E-state index contributed by atoms with van der Waals surface area (Å²) < 4.78 is 5.90. The molecule has 0 radical (unpaired) electrons. The molecule has 2 heterocycles. The molecule has 1 fully saturated rings. The van der Waals surface area contributed by atoms with Crippen LogP contribution < -0.4 is 4.74 Å². The van der Waals surface area contributed by atoms with E-state index in [2.05, 4.69) is 33.8 Å². The molecule has 0 aliphatic carbocycles. The molecule has 3 rings (SSSR count). The van der Waals surface area contributed by atoms with Crippen LogP contribution in [-0.2, 0) is 10.2 Å². The number of hydrogen-bond donors (Lipinski definition) is 0. The van der Waals surface area contributed by atoms with Crippen molar-refractivity contribution in [2.24, 2.45) is 0 Å². The lowest BCUT2D eigenvalue weighted by Gasteiger charge is -2.34. The maximum atomic E-state index is 12.6. The third-order valence-corrected chi connectivity index (χ3v) is 5.80. The summed E-state index contributed by atoms with van der Waals surface area (Å²) in [5.74, 6) is 0.773. The molecule has 0 bridgehead atoms. The normalized spacial score (nSPS) is 14.9. The van der Waals surface area contributed by atoms with Crippen LogP contribution in [0.1, 0.15) is 41.6 Å². The largest absolute Gasteiger partial charge is 0.483 e. The molecule has 1 aliphatic heterocycles. The first-order chi connectivity index (χ1) is 13.3. The Kier molecular flexibility index (Phi) is 6.08. The van der Waals surface area contributed by atoms with Crippen molar-refractivity contribution in [1.29, 1.82) is 0 Å². The Morgan fingerprint density at radius 3 is 2.36 bits per heavy atom. The van der Waals surface area contributed by atoms with E-state index in [1.807, 2.05) is 34.5 Å². The molecule has 0 N–H and O–H groups in total. The van der Waals surface area contributed by atoms with E-state index in [1.54, 1.807) is 4.90 Å². The average molecular weight is 401 g/mol. The second-order valence-electron chi connectivity index (χ2n) is 8.19. The topological polar surface area (TPSA) is 49.9 Å². The quantitative estimate of drug-likeness (QED) is 0.786. The Morgan fingerprint density at radius 2 is 1.75 bits per heavy atom. The number of ether oxygens (including phenoxy) is 1. The van der Waals surface area contributed by atoms with Crippen molar-refractivity contribution in [3.05, 3.63) is 51.7 Å². The number of hydrogen-bond acceptors (Lipinski definition) is 4. The Hall–Kier alpha value is -2.34. The molecule has 1 saturated heterocycles. The van der Waals surface area contributed by atoms with Crippen LogP contribution in [0.4, 0.5) is 0 Å². The molecule has 0 saturated carbocycles. The van der Waals surface area contributed by atoms with Crippen LogP contribution in [-0.4, -0.2) is 54.4 Å². The summed E-state index contributed by atoms with van der Waals surface area (Å²) in [6, 6.07) is 9.79. The SMILES string of the molecule is Cc1ccc(OCC(=O)N2CCN(C(=O)c3cccs3)CC2)c(C(C)(C)C)c1. The molecule has 2 amide bonds. The Morgan fingerprint density at radius 1 is 1.07 bits per heavy atom. The van der Waals surface area contributed by atoms with Crippen molar-refractivity contribution < 1.29 is 14.3 Å². The molecule has 5 nitrogen and oxygen atoms in total. The number of carbonyl (C=O) groups excluding carboxylic acids is 2. The zero-order chi connectivity index (χ0) is 20.3. The summed E-state index contributed by atoms with van der Waals surface area (Å²) in [5.41, 5.74) is 2.22. The second-order valence-corrected chi connectivity index (χ2v) is 9.14. The van der Waals surface area contributed by atoms with E-state index in [9.17, 15) is 9.59 Å². The number of nitrogens with zero attached hydrogens (tertiary/aromatic N) is 2. The summed E-state index contributed by atoms with van der Waals surface area (Å²) in [6.07, 6.45) is 0. The minimum atomic E-state index is -0.0574. The first-order valence-corrected chi connectivity index (χ1v) is 10.5. The van der Waals surface area contributed by atoms with Gasteiger partial charge in [-0.15, -0.1) is 11.3 Å². The van der Waals surface area contributed by atoms with E-state index in [4.69, 9.17) is 4.74 Å². The minimum Gasteiger partial charge on any atom is -0.483 e. The van der Waals surface area contributed by atoms with Gasteiger partial charge in [0.05, 0.1) is 4.88 Å². The number of amides is 2. The summed E-state index contributed by atoms with van der Waals surface area (Å²) in [6.45, 7) is 10.7. The van der Waals surface area contributed by atoms with Gasteiger partial charge in [-0.1, -0.05) is 44.5 Å². The van der Waals surface area contributed by atoms with Crippen LogP contribution in [0.3, 0.4) is 0 Å². The number of aryl methyl sites for hydroxylation is 1. The lowest BCUT2D eigenvalue weighted by Crippen LogP contribution is -2.51. The molecule has 0 atom stereocenters. The first-order valence-electron chi connectivity index (χ1n) is 9.60. The van der Waals surface area contributed by atoms with Gasteiger partial charge in [-0.25, -0.2) is 0 Å². The van der Waals surface area contributed by atoms with Gasteiger partial charge in [0.2, 0.25) is 0 Å². The molecule has 2 aromatic rings. The lowest BCUT2D eigenvalue weighted by molar-refractivity contribution is -0.134. The first kappa shape index (κ1) is 20.4. The standard InChI is InChI=1S/C22H28N2O3S/c1-16-7-8-18(17(14-16)22(2,3)4)27-15-20(25)23-9-11-24(12-10-23)21(26)19-6-5-13-28-19/h5-8,13-14H,9-12,15H2,1-4H3. The highest BCUT2D eigenvalue weighted by molar-refractivity contribution is 7.12. The zero-order valence-corrected chi connectivity index (χ0v) is 17.8.